The van der Waals surface area contributed by atoms with Gasteiger partial charge in [0.25, 0.3) is 0 Å². The molecule has 2 aromatic rings. The number of halogens is 1. The molecule has 6 heteroatoms. The molecule has 1 saturated heterocycles. The van der Waals surface area contributed by atoms with Crippen molar-refractivity contribution in [3.63, 3.8) is 0 Å². The molecule has 114 valence electrons. The number of rotatable bonds is 3. The van der Waals surface area contributed by atoms with Gasteiger partial charge in [-0.1, -0.05) is 5.16 Å². The minimum absolute atomic E-state index is 0.0471. The number of hydrogen-bond acceptors (Lipinski definition) is 5. The summed E-state index contributed by atoms with van der Waals surface area (Å²) in [5.74, 6) is -0.0131. The van der Waals surface area contributed by atoms with E-state index in [-0.39, 0.29) is 11.9 Å². The largest absolute Gasteiger partial charge is 0.377 e. The molecule has 2 unspecified atom stereocenters. The number of piperidine rings is 1. The molecule has 0 bridgehead atoms. The third-order valence-corrected chi connectivity index (χ3v) is 4.45. The summed E-state index contributed by atoms with van der Waals surface area (Å²) in [6, 6.07) is 4.49. The van der Waals surface area contributed by atoms with E-state index in [1.807, 2.05) is 6.92 Å². The van der Waals surface area contributed by atoms with E-state index in [9.17, 15) is 9.50 Å². The SMILES string of the molecule is CC(C(N)O)N1CCC(c2noc3cc(F)ccc23)CC1. The van der Waals surface area contributed by atoms with Crippen LogP contribution in [0.2, 0.25) is 0 Å². The second kappa shape index (κ2) is 5.71. The number of hydrogen-bond donors (Lipinski definition) is 2. The van der Waals surface area contributed by atoms with Crippen molar-refractivity contribution in [2.24, 2.45) is 5.73 Å². The predicted molar refractivity (Wildman–Crippen MR) is 77.2 cm³/mol. The highest BCUT2D eigenvalue weighted by molar-refractivity contribution is 5.79. The fraction of sp³-hybridized carbons (Fsp3) is 0.533. The summed E-state index contributed by atoms with van der Waals surface area (Å²) in [7, 11) is 0. The van der Waals surface area contributed by atoms with Crippen molar-refractivity contribution in [3.8, 4) is 0 Å². The zero-order valence-electron chi connectivity index (χ0n) is 12.0. The van der Waals surface area contributed by atoms with Gasteiger partial charge < -0.3 is 15.4 Å². The summed E-state index contributed by atoms with van der Waals surface area (Å²) in [4.78, 5) is 2.18. The Kier molecular flexibility index (Phi) is 3.93. The van der Waals surface area contributed by atoms with Gasteiger partial charge in [0.1, 0.15) is 12.0 Å². The number of nitrogens with two attached hydrogens (primary N) is 1. The minimum atomic E-state index is -0.822. The van der Waals surface area contributed by atoms with Crippen molar-refractivity contribution in [1.82, 2.24) is 10.1 Å². The highest BCUT2D eigenvalue weighted by atomic mass is 19.1. The van der Waals surface area contributed by atoms with Crippen LogP contribution in [0.25, 0.3) is 11.0 Å². The molecule has 2 atom stereocenters. The third kappa shape index (κ3) is 2.79. The Morgan fingerprint density at radius 2 is 2.14 bits per heavy atom. The first kappa shape index (κ1) is 14.4. The number of fused-ring (bicyclic) bond motifs is 1. The number of aliphatic hydroxyl groups is 1. The fourth-order valence-electron chi connectivity index (χ4n) is 3.02. The van der Waals surface area contributed by atoms with Crippen LogP contribution in [-0.4, -0.2) is 40.5 Å². The summed E-state index contributed by atoms with van der Waals surface area (Å²) >= 11 is 0. The minimum Gasteiger partial charge on any atom is -0.377 e. The maximum atomic E-state index is 13.2. The van der Waals surface area contributed by atoms with Crippen molar-refractivity contribution >= 4 is 11.0 Å². The van der Waals surface area contributed by atoms with E-state index >= 15 is 0 Å². The Hall–Kier alpha value is -1.50. The lowest BCUT2D eigenvalue weighted by atomic mass is 9.91. The monoisotopic (exact) mass is 293 g/mol. The van der Waals surface area contributed by atoms with Gasteiger partial charge in [-0.05, 0) is 45.0 Å². The van der Waals surface area contributed by atoms with Crippen LogP contribution in [-0.2, 0) is 0 Å². The van der Waals surface area contributed by atoms with Crippen LogP contribution in [0, 0.1) is 5.82 Å². The highest BCUT2D eigenvalue weighted by Gasteiger charge is 2.28. The van der Waals surface area contributed by atoms with E-state index < -0.39 is 6.23 Å². The Labute approximate surface area is 122 Å². The van der Waals surface area contributed by atoms with Gasteiger partial charge >= 0.3 is 0 Å². The molecule has 1 aliphatic heterocycles. The molecule has 1 aliphatic rings. The molecule has 0 saturated carbocycles. The summed E-state index contributed by atoms with van der Waals surface area (Å²) < 4.78 is 18.4. The van der Waals surface area contributed by atoms with Crippen LogP contribution in [0.1, 0.15) is 31.4 Å². The zero-order chi connectivity index (χ0) is 15.0. The maximum Gasteiger partial charge on any atom is 0.170 e. The van der Waals surface area contributed by atoms with Gasteiger partial charge in [-0.2, -0.15) is 0 Å². The lowest BCUT2D eigenvalue weighted by molar-refractivity contribution is 0.0479. The van der Waals surface area contributed by atoms with Gasteiger partial charge in [0.05, 0.1) is 5.69 Å². The van der Waals surface area contributed by atoms with Crippen molar-refractivity contribution in [2.75, 3.05) is 13.1 Å². The lowest BCUT2D eigenvalue weighted by Gasteiger charge is -2.36. The number of likely N-dealkylation sites (tertiary alicyclic amines) is 1. The molecule has 1 fully saturated rings. The molecule has 1 aromatic carbocycles. The Morgan fingerprint density at radius 3 is 2.81 bits per heavy atom. The van der Waals surface area contributed by atoms with E-state index in [2.05, 4.69) is 10.1 Å². The molecule has 21 heavy (non-hydrogen) atoms. The molecule has 1 aromatic heterocycles. The highest BCUT2D eigenvalue weighted by Crippen LogP contribution is 2.33. The Bertz CT molecular complexity index is 620. The second-order valence-corrected chi connectivity index (χ2v) is 5.75. The second-order valence-electron chi connectivity index (χ2n) is 5.75. The summed E-state index contributed by atoms with van der Waals surface area (Å²) in [5.41, 5.74) is 6.94. The van der Waals surface area contributed by atoms with Crippen LogP contribution in [0.15, 0.2) is 22.7 Å². The number of aromatic nitrogens is 1. The molecule has 2 heterocycles. The van der Waals surface area contributed by atoms with Crippen molar-refractivity contribution < 1.29 is 14.0 Å². The van der Waals surface area contributed by atoms with Crippen molar-refractivity contribution in [3.05, 3.63) is 29.7 Å². The lowest BCUT2D eigenvalue weighted by Crippen LogP contribution is -2.48. The van der Waals surface area contributed by atoms with Gasteiger partial charge in [-0.15, -0.1) is 0 Å². The first-order valence-electron chi connectivity index (χ1n) is 7.29. The zero-order valence-corrected chi connectivity index (χ0v) is 12.0. The molecule has 0 spiro atoms. The molecule has 5 nitrogen and oxygen atoms in total. The number of aliphatic hydroxyl groups excluding tert-OH is 1. The van der Waals surface area contributed by atoms with E-state index in [0.717, 1.165) is 37.0 Å². The van der Waals surface area contributed by atoms with Crippen LogP contribution in [0.5, 0.6) is 0 Å². The van der Waals surface area contributed by atoms with Gasteiger partial charge in [0.2, 0.25) is 0 Å². The smallest absolute Gasteiger partial charge is 0.170 e. The quantitative estimate of drug-likeness (QED) is 0.844. The molecule has 0 radical (unpaired) electrons. The van der Waals surface area contributed by atoms with E-state index in [1.165, 1.54) is 12.1 Å². The number of nitrogens with zero attached hydrogens (tertiary/aromatic N) is 2. The number of benzene rings is 1. The van der Waals surface area contributed by atoms with Crippen LogP contribution in [0.4, 0.5) is 4.39 Å². The molecule has 0 aliphatic carbocycles. The van der Waals surface area contributed by atoms with E-state index in [4.69, 9.17) is 10.3 Å². The fourth-order valence-corrected chi connectivity index (χ4v) is 3.02. The summed E-state index contributed by atoms with van der Waals surface area (Å²) in [6.07, 6.45) is 1.03. The average Bonchev–Trinajstić information content (AvgIpc) is 2.89. The van der Waals surface area contributed by atoms with Crippen molar-refractivity contribution in [2.45, 2.75) is 38.0 Å². The third-order valence-electron chi connectivity index (χ3n) is 4.45. The Morgan fingerprint density at radius 1 is 1.43 bits per heavy atom. The molecule has 3 rings (SSSR count). The first-order valence-corrected chi connectivity index (χ1v) is 7.29. The topological polar surface area (TPSA) is 75.5 Å². The van der Waals surface area contributed by atoms with Crippen molar-refractivity contribution in [1.29, 1.82) is 0 Å². The van der Waals surface area contributed by atoms with E-state index in [1.54, 1.807) is 6.07 Å². The van der Waals surface area contributed by atoms with Gasteiger partial charge in [-0.3, -0.25) is 4.90 Å². The molecular weight excluding hydrogens is 273 g/mol. The van der Waals surface area contributed by atoms with Gasteiger partial charge in [0, 0.05) is 23.4 Å². The van der Waals surface area contributed by atoms with Gasteiger partial charge in [-0.25, -0.2) is 4.39 Å². The Balaban J connectivity index is 1.74. The molecule has 0 amide bonds. The normalized spacial score (nSPS) is 20.8. The van der Waals surface area contributed by atoms with Crippen LogP contribution >= 0.6 is 0 Å². The summed E-state index contributed by atoms with van der Waals surface area (Å²) in [5, 5.41) is 14.5. The molecule has 3 N–H and O–H groups in total. The van der Waals surface area contributed by atoms with Crippen LogP contribution in [0.3, 0.4) is 0 Å². The predicted octanol–water partition coefficient (Wildman–Crippen LogP) is 1.81. The van der Waals surface area contributed by atoms with Crippen LogP contribution < -0.4 is 5.73 Å². The summed E-state index contributed by atoms with van der Waals surface area (Å²) in [6.45, 7) is 3.64. The first-order chi connectivity index (χ1) is 10.1. The van der Waals surface area contributed by atoms with Gasteiger partial charge in [0.15, 0.2) is 5.58 Å². The standard InChI is InChI=1S/C15H20FN3O2/c1-9(15(17)20)19-6-4-10(5-7-19)14-12-3-2-11(16)8-13(12)21-18-14/h2-3,8-10,15,20H,4-7,17H2,1H3. The maximum absolute atomic E-state index is 13.2. The van der Waals surface area contributed by atoms with E-state index in [0.29, 0.717) is 11.5 Å². The molecular formula is C15H20FN3O2. The average molecular weight is 293 g/mol.